The van der Waals surface area contributed by atoms with E-state index in [1.54, 1.807) is 6.92 Å². The third kappa shape index (κ3) is 3.41. The highest BCUT2D eigenvalue weighted by atomic mass is 16.2. The van der Waals surface area contributed by atoms with Gasteiger partial charge < -0.3 is 14.8 Å². The number of nitrogens with one attached hydrogen (secondary N) is 1. The first-order valence-corrected chi connectivity index (χ1v) is 9.74. The minimum Gasteiger partial charge on any atom is -0.354 e. The Labute approximate surface area is 154 Å². The number of likely N-dealkylation sites (tertiary alicyclic amines) is 2. The molecule has 2 saturated heterocycles. The number of aromatic nitrogens is 1. The van der Waals surface area contributed by atoms with Gasteiger partial charge in [-0.15, -0.1) is 0 Å². The zero-order valence-corrected chi connectivity index (χ0v) is 16.1. The number of carbonyl (C=O) groups is 3. The van der Waals surface area contributed by atoms with Crippen molar-refractivity contribution < 1.29 is 14.4 Å². The van der Waals surface area contributed by atoms with E-state index in [1.165, 1.54) is 0 Å². The van der Waals surface area contributed by atoms with E-state index in [9.17, 15) is 14.4 Å². The number of carbonyl (C=O) groups excluding carboxylic acids is 3. The number of ketones is 1. The van der Waals surface area contributed by atoms with Gasteiger partial charge in [-0.25, -0.2) is 0 Å². The van der Waals surface area contributed by atoms with Crippen LogP contribution in [0.5, 0.6) is 0 Å². The minimum absolute atomic E-state index is 0.00966. The molecule has 0 unspecified atom stereocenters. The maximum absolute atomic E-state index is 13.0. The number of amides is 2. The van der Waals surface area contributed by atoms with E-state index in [-0.39, 0.29) is 23.5 Å². The topological polar surface area (TPSA) is 73.5 Å². The Morgan fingerprint density at radius 3 is 2.19 bits per heavy atom. The fourth-order valence-electron chi connectivity index (χ4n) is 4.37. The molecule has 0 aromatic carbocycles. The van der Waals surface area contributed by atoms with Crippen molar-refractivity contribution in [3.63, 3.8) is 0 Å². The summed E-state index contributed by atoms with van der Waals surface area (Å²) in [6, 6.07) is 0. The first kappa shape index (κ1) is 18.7. The van der Waals surface area contributed by atoms with Crippen LogP contribution in [0.4, 0.5) is 0 Å². The summed E-state index contributed by atoms with van der Waals surface area (Å²) < 4.78 is 0. The molecule has 0 aliphatic carbocycles. The summed E-state index contributed by atoms with van der Waals surface area (Å²) in [7, 11) is 0. The van der Waals surface area contributed by atoms with Crippen LogP contribution in [0.3, 0.4) is 0 Å². The maximum Gasteiger partial charge on any atom is 0.270 e. The van der Waals surface area contributed by atoms with Gasteiger partial charge in [0.15, 0.2) is 5.78 Å². The van der Waals surface area contributed by atoms with Crippen LogP contribution in [-0.4, -0.2) is 58.6 Å². The summed E-state index contributed by atoms with van der Waals surface area (Å²) in [5.74, 6) is 0.244. The molecule has 2 amide bonds. The highest BCUT2D eigenvalue weighted by molar-refractivity contribution is 6.02. The van der Waals surface area contributed by atoms with E-state index >= 15 is 0 Å². The molecule has 0 saturated carbocycles. The molecule has 2 aliphatic rings. The smallest absolute Gasteiger partial charge is 0.270 e. The molecule has 3 rings (SSSR count). The predicted molar refractivity (Wildman–Crippen MR) is 99.4 cm³/mol. The van der Waals surface area contributed by atoms with Crippen LogP contribution in [0, 0.1) is 12.8 Å². The molecular formula is C20H29N3O3. The van der Waals surface area contributed by atoms with E-state index in [0.717, 1.165) is 50.0 Å². The molecule has 1 N–H and O–H groups in total. The molecule has 2 aliphatic heterocycles. The lowest BCUT2D eigenvalue weighted by atomic mass is 9.94. The monoisotopic (exact) mass is 359 g/mol. The van der Waals surface area contributed by atoms with Crippen LogP contribution in [-0.2, 0) is 11.2 Å². The summed E-state index contributed by atoms with van der Waals surface area (Å²) in [6.45, 7) is 8.31. The largest absolute Gasteiger partial charge is 0.354 e. The molecule has 1 aromatic heterocycles. The molecule has 2 fully saturated rings. The lowest BCUT2D eigenvalue weighted by Gasteiger charge is -2.33. The van der Waals surface area contributed by atoms with Crippen LogP contribution in [0.2, 0.25) is 0 Å². The van der Waals surface area contributed by atoms with Crippen LogP contribution < -0.4 is 0 Å². The Morgan fingerprint density at radius 1 is 1.04 bits per heavy atom. The second-order valence-electron chi connectivity index (χ2n) is 7.49. The van der Waals surface area contributed by atoms with Gasteiger partial charge in [-0.3, -0.25) is 14.4 Å². The molecule has 0 spiro atoms. The summed E-state index contributed by atoms with van der Waals surface area (Å²) in [4.78, 5) is 44.4. The Kier molecular flexibility index (Phi) is 5.49. The third-order valence-corrected chi connectivity index (χ3v) is 5.76. The van der Waals surface area contributed by atoms with E-state index in [4.69, 9.17) is 0 Å². The van der Waals surface area contributed by atoms with Crippen molar-refractivity contribution in [2.45, 2.75) is 52.9 Å². The lowest BCUT2D eigenvalue weighted by molar-refractivity contribution is -0.135. The number of rotatable bonds is 4. The quantitative estimate of drug-likeness (QED) is 0.840. The van der Waals surface area contributed by atoms with Gasteiger partial charge in [0.1, 0.15) is 5.69 Å². The highest BCUT2D eigenvalue weighted by Gasteiger charge is 2.33. The Morgan fingerprint density at radius 2 is 1.65 bits per heavy atom. The average molecular weight is 359 g/mol. The van der Waals surface area contributed by atoms with Crippen molar-refractivity contribution in [1.82, 2.24) is 14.8 Å². The average Bonchev–Trinajstić information content (AvgIpc) is 3.28. The first-order chi connectivity index (χ1) is 12.4. The zero-order chi connectivity index (χ0) is 18.8. The van der Waals surface area contributed by atoms with Crippen LogP contribution >= 0.6 is 0 Å². The lowest BCUT2D eigenvalue weighted by Crippen LogP contribution is -2.44. The van der Waals surface area contributed by atoms with Crippen LogP contribution in [0.1, 0.15) is 71.6 Å². The minimum atomic E-state index is -0.0514. The zero-order valence-electron chi connectivity index (χ0n) is 16.1. The molecule has 6 nitrogen and oxygen atoms in total. The maximum atomic E-state index is 13.0. The predicted octanol–water partition coefficient (Wildman–Crippen LogP) is 2.56. The third-order valence-electron chi connectivity index (χ3n) is 5.76. The fourth-order valence-corrected chi connectivity index (χ4v) is 4.37. The molecule has 0 bridgehead atoms. The molecule has 1 aromatic rings. The molecule has 0 atom stereocenters. The van der Waals surface area contributed by atoms with Crippen LogP contribution in [0.25, 0.3) is 0 Å². The van der Waals surface area contributed by atoms with E-state index in [2.05, 4.69) is 4.98 Å². The molecular weight excluding hydrogens is 330 g/mol. The Balaban J connectivity index is 1.68. The molecule has 6 heteroatoms. The van der Waals surface area contributed by atoms with Crippen molar-refractivity contribution in [2.24, 2.45) is 5.92 Å². The number of hydrogen-bond donors (Lipinski definition) is 1. The van der Waals surface area contributed by atoms with Gasteiger partial charge in [0.25, 0.3) is 5.91 Å². The van der Waals surface area contributed by atoms with Gasteiger partial charge in [-0.2, -0.15) is 0 Å². The second-order valence-corrected chi connectivity index (χ2v) is 7.49. The number of aryl methyl sites for hydroxylation is 1. The molecule has 142 valence electrons. The van der Waals surface area contributed by atoms with Gasteiger partial charge in [0.05, 0.1) is 0 Å². The van der Waals surface area contributed by atoms with Crippen molar-refractivity contribution in [2.75, 3.05) is 26.2 Å². The van der Waals surface area contributed by atoms with Crippen molar-refractivity contribution in [3.05, 3.63) is 22.5 Å². The molecule has 26 heavy (non-hydrogen) atoms. The number of nitrogens with zero attached hydrogens (tertiary/aromatic N) is 2. The van der Waals surface area contributed by atoms with Gasteiger partial charge in [-0.05, 0) is 51.5 Å². The number of piperidine rings is 1. The second kappa shape index (κ2) is 7.64. The summed E-state index contributed by atoms with van der Waals surface area (Å²) in [6.07, 6.45) is 4.30. The number of aromatic amines is 1. The van der Waals surface area contributed by atoms with Crippen molar-refractivity contribution in [3.8, 4) is 0 Å². The fraction of sp³-hybridized carbons (Fsp3) is 0.650. The standard InChI is InChI=1S/C20H29N3O3/c1-4-16-17(14(3)24)13(2)21-18(16)20(26)23-11-7-15(8-12-23)19(25)22-9-5-6-10-22/h15,21H,4-12H2,1-3H3. The number of hydrogen-bond acceptors (Lipinski definition) is 3. The van der Waals surface area contributed by atoms with Crippen molar-refractivity contribution >= 4 is 17.6 Å². The normalized spacial score (nSPS) is 18.4. The summed E-state index contributed by atoms with van der Waals surface area (Å²) >= 11 is 0. The number of H-pyrrole nitrogens is 1. The first-order valence-electron chi connectivity index (χ1n) is 9.74. The van der Waals surface area contributed by atoms with E-state index in [0.29, 0.717) is 30.8 Å². The summed E-state index contributed by atoms with van der Waals surface area (Å²) in [5.41, 5.74) is 2.77. The van der Waals surface area contributed by atoms with Crippen LogP contribution in [0.15, 0.2) is 0 Å². The molecule has 3 heterocycles. The van der Waals surface area contributed by atoms with Gasteiger partial charge >= 0.3 is 0 Å². The van der Waals surface area contributed by atoms with Gasteiger partial charge in [0.2, 0.25) is 5.91 Å². The Bertz CT molecular complexity index is 708. The molecule has 0 radical (unpaired) electrons. The van der Waals surface area contributed by atoms with Crippen molar-refractivity contribution in [1.29, 1.82) is 0 Å². The van der Waals surface area contributed by atoms with E-state index < -0.39 is 0 Å². The number of Topliss-reactive ketones (excluding diaryl/α,β-unsaturated/α-hetero) is 1. The summed E-state index contributed by atoms with van der Waals surface area (Å²) in [5, 5.41) is 0. The SMILES string of the molecule is CCc1c(C(=O)N2CCC(C(=O)N3CCCC3)CC2)[nH]c(C)c1C(C)=O. The van der Waals surface area contributed by atoms with Gasteiger partial charge in [-0.1, -0.05) is 6.92 Å². The highest BCUT2D eigenvalue weighted by Crippen LogP contribution is 2.26. The van der Waals surface area contributed by atoms with Gasteiger partial charge in [0, 0.05) is 43.4 Å². The van der Waals surface area contributed by atoms with E-state index in [1.807, 2.05) is 23.6 Å². The Hall–Kier alpha value is -2.11.